The minimum absolute atomic E-state index is 0.0451. The van der Waals surface area contributed by atoms with E-state index in [4.69, 9.17) is 4.74 Å². The molecular formula is C20H22N4O3S. The van der Waals surface area contributed by atoms with Gasteiger partial charge in [-0.15, -0.1) is 11.3 Å². The molecule has 146 valence electrons. The Morgan fingerprint density at radius 3 is 2.79 bits per heavy atom. The maximum absolute atomic E-state index is 12.9. The van der Waals surface area contributed by atoms with Crippen LogP contribution in [0.2, 0.25) is 0 Å². The number of carbonyl (C=O) groups is 1. The molecule has 3 aromatic rings. The normalized spacial score (nSPS) is 15.2. The Bertz CT molecular complexity index is 1040. The fourth-order valence-electron chi connectivity index (χ4n) is 3.49. The van der Waals surface area contributed by atoms with Gasteiger partial charge in [-0.3, -0.25) is 18.9 Å². The average molecular weight is 398 g/mol. The van der Waals surface area contributed by atoms with Crippen LogP contribution in [0.5, 0.6) is 0 Å². The molecule has 1 aliphatic heterocycles. The summed E-state index contributed by atoms with van der Waals surface area (Å²) >= 11 is 1.46. The summed E-state index contributed by atoms with van der Waals surface area (Å²) in [5, 5.41) is 1.86. The first-order valence-electron chi connectivity index (χ1n) is 9.20. The number of carbonyl (C=O) groups excluding carboxylic acids is 1. The third kappa shape index (κ3) is 3.84. The van der Waals surface area contributed by atoms with Crippen molar-refractivity contribution in [3.63, 3.8) is 0 Å². The molecule has 0 aliphatic carbocycles. The third-order valence-corrected chi connectivity index (χ3v) is 5.71. The highest BCUT2D eigenvalue weighted by Crippen LogP contribution is 2.16. The zero-order valence-corrected chi connectivity index (χ0v) is 16.5. The minimum atomic E-state index is -0.0511. The highest BCUT2D eigenvalue weighted by atomic mass is 32.1. The number of piperazine rings is 1. The van der Waals surface area contributed by atoms with Crippen molar-refractivity contribution >= 4 is 22.2 Å². The van der Waals surface area contributed by atoms with Crippen molar-refractivity contribution in [2.75, 3.05) is 33.3 Å². The Kier molecular flexibility index (Phi) is 5.52. The van der Waals surface area contributed by atoms with Gasteiger partial charge in [-0.2, -0.15) is 0 Å². The number of hydrogen-bond acceptors (Lipinski definition) is 6. The van der Waals surface area contributed by atoms with Gasteiger partial charge in [0.1, 0.15) is 0 Å². The number of amides is 1. The van der Waals surface area contributed by atoms with Gasteiger partial charge in [-0.1, -0.05) is 18.2 Å². The monoisotopic (exact) mass is 398 g/mol. The van der Waals surface area contributed by atoms with Gasteiger partial charge in [-0.05, 0) is 11.6 Å². The van der Waals surface area contributed by atoms with Gasteiger partial charge in [0, 0.05) is 63.0 Å². The van der Waals surface area contributed by atoms with Crippen molar-refractivity contribution in [2.45, 2.75) is 13.2 Å². The van der Waals surface area contributed by atoms with Crippen molar-refractivity contribution in [2.24, 2.45) is 0 Å². The van der Waals surface area contributed by atoms with Crippen LogP contribution in [-0.2, 0) is 17.9 Å². The molecule has 1 saturated heterocycles. The van der Waals surface area contributed by atoms with Gasteiger partial charge in [0.25, 0.3) is 11.5 Å². The second-order valence-corrected chi connectivity index (χ2v) is 7.67. The molecule has 0 N–H and O–H groups in total. The molecule has 1 aromatic carbocycles. The Hall–Kier alpha value is -2.55. The van der Waals surface area contributed by atoms with Crippen LogP contribution in [0.25, 0.3) is 4.96 Å². The van der Waals surface area contributed by atoms with E-state index in [1.165, 1.54) is 11.3 Å². The zero-order chi connectivity index (χ0) is 19.5. The predicted molar refractivity (Wildman–Crippen MR) is 108 cm³/mol. The Balaban J connectivity index is 1.40. The number of fused-ring (bicyclic) bond motifs is 1. The standard InChI is InChI=1S/C20H22N4O3S/c1-27-14-15-4-2-3-5-17(15)19(26)23-8-6-22(7-9-23)13-16-12-18(25)24-10-11-28-20(24)21-16/h2-5,10-12H,6-9,13-14H2,1H3. The Morgan fingerprint density at radius 2 is 2.00 bits per heavy atom. The van der Waals surface area contributed by atoms with Crippen molar-refractivity contribution in [1.82, 2.24) is 19.2 Å². The SMILES string of the molecule is COCc1ccccc1C(=O)N1CCN(Cc2cc(=O)n3ccsc3n2)CC1. The molecule has 2 aromatic heterocycles. The number of thiazole rings is 1. The highest BCUT2D eigenvalue weighted by molar-refractivity contribution is 7.15. The molecule has 3 heterocycles. The van der Waals surface area contributed by atoms with Crippen molar-refractivity contribution in [1.29, 1.82) is 0 Å². The molecule has 1 aliphatic rings. The molecule has 4 rings (SSSR count). The van der Waals surface area contributed by atoms with Crippen LogP contribution < -0.4 is 5.56 Å². The second-order valence-electron chi connectivity index (χ2n) is 6.80. The highest BCUT2D eigenvalue weighted by Gasteiger charge is 2.24. The van der Waals surface area contributed by atoms with E-state index in [9.17, 15) is 9.59 Å². The van der Waals surface area contributed by atoms with Crippen LogP contribution in [0, 0.1) is 0 Å². The van der Waals surface area contributed by atoms with Gasteiger partial charge >= 0.3 is 0 Å². The molecule has 1 fully saturated rings. The fraction of sp³-hybridized carbons (Fsp3) is 0.350. The molecule has 7 nitrogen and oxygen atoms in total. The number of ether oxygens (including phenoxy) is 1. The molecule has 28 heavy (non-hydrogen) atoms. The second kappa shape index (κ2) is 8.22. The Labute approximate surface area is 166 Å². The van der Waals surface area contributed by atoms with Crippen LogP contribution in [0.15, 0.2) is 46.7 Å². The summed E-state index contributed by atoms with van der Waals surface area (Å²) in [4.78, 5) is 34.5. The molecule has 0 atom stereocenters. The van der Waals surface area contributed by atoms with E-state index in [0.29, 0.717) is 36.8 Å². The fourth-order valence-corrected chi connectivity index (χ4v) is 4.23. The van der Waals surface area contributed by atoms with Crippen LogP contribution >= 0.6 is 11.3 Å². The van der Waals surface area contributed by atoms with Crippen LogP contribution in [0.3, 0.4) is 0 Å². The minimum Gasteiger partial charge on any atom is -0.380 e. The lowest BCUT2D eigenvalue weighted by Crippen LogP contribution is -2.48. The molecule has 0 spiro atoms. The number of methoxy groups -OCH3 is 1. The molecule has 0 bridgehead atoms. The molecule has 0 saturated carbocycles. The molecular weight excluding hydrogens is 376 g/mol. The van der Waals surface area contributed by atoms with E-state index in [1.807, 2.05) is 34.5 Å². The summed E-state index contributed by atoms with van der Waals surface area (Å²) in [6, 6.07) is 9.18. The topological polar surface area (TPSA) is 67.2 Å². The van der Waals surface area contributed by atoms with Gasteiger partial charge in [-0.25, -0.2) is 4.98 Å². The number of hydrogen-bond donors (Lipinski definition) is 0. The van der Waals surface area contributed by atoms with Crippen molar-refractivity contribution < 1.29 is 9.53 Å². The first-order valence-corrected chi connectivity index (χ1v) is 10.1. The average Bonchev–Trinajstić information content (AvgIpc) is 3.18. The van der Waals surface area contributed by atoms with Crippen molar-refractivity contribution in [3.05, 3.63) is 69.1 Å². The molecule has 0 unspecified atom stereocenters. The van der Waals surface area contributed by atoms with E-state index in [2.05, 4.69) is 9.88 Å². The van der Waals surface area contributed by atoms with E-state index < -0.39 is 0 Å². The van der Waals surface area contributed by atoms with Gasteiger partial charge in [0.15, 0.2) is 4.96 Å². The summed E-state index contributed by atoms with van der Waals surface area (Å²) < 4.78 is 6.77. The van der Waals surface area contributed by atoms with E-state index in [-0.39, 0.29) is 11.5 Å². The van der Waals surface area contributed by atoms with Crippen LogP contribution in [0.4, 0.5) is 0 Å². The van der Waals surface area contributed by atoms with Gasteiger partial charge in [0.05, 0.1) is 12.3 Å². The Morgan fingerprint density at radius 1 is 1.21 bits per heavy atom. The lowest BCUT2D eigenvalue weighted by atomic mass is 10.1. The first kappa shape index (κ1) is 18.8. The number of nitrogens with zero attached hydrogens (tertiary/aromatic N) is 4. The number of rotatable bonds is 5. The van der Waals surface area contributed by atoms with Gasteiger partial charge < -0.3 is 9.64 Å². The maximum atomic E-state index is 12.9. The van der Waals surface area contributed by atoms with Crippen molar-refractivity contribution in [3.8, 4) is 0 Å². The number of benzene rings is 1. The first-order chi connectivity index (χ1) is 13.7. The van der Waals surface area contributed by atoms with E-state index in [0.717, 1.165) is 24.3 Å². The summed E-state index contributed by atoms with van der Waals surface area (Å²) in [6.07, 6.45) is 1.74. The predicted octanol–water partition coefficient (Wildman–Crippen LogP) is 1.86. The van der Waals surface area contributed by atoms with E-state index in [1.54, 1.807) is 23.8 Å². The maximum Gasteiger partial charge on any atom is 0.258 e. The summed E-state index contributed by atoms with van der Waals surface area (Å²) in [5.74, 6) is 0.0451. The lowest BCUT2D eigenvalue weighted by molar-refractivity contribution is 0.0623. The van der Waals surface area contributed by atoms with Crippen LogP contribution in [-0.4, -0.2) is 58.4 Å². The molecule has 1 amide bonds. The van der Waals surface area contributed by atoms with E-state index >= 15 is 0 Å². The smallest absolute Gasteiger partial charge is 0.258 e. The van der Waals surface area contributed by atoms with Crippen LogP contribution in [0.1, 0.15) is 21.6 Å². The molecule has 0 radical (unpaired) electrons. The lowest BCUT2D eigenvalue weighted by Gasteiger charge is -2.34. The summed E-state index contributed by atoms with van der Waals surface area (Å²) in [7, 11) is 1.63. The van der Waals surface area contributed by atoms with Gasteiger partial charge in [0.2, 0.25) is 0 Å². The largest absolute Gasteiger partial charge is 0.380 e. The molecule has 8 heteroatoms. The zero-order valence-electron chi connectivity index (χ0n) is 15.7. The third-order valence-electron chi connectivity index (χ3n) is 4.95. The summed E-state index contributed by atoms with van der Waals surface area (Å²) in [6.45, 7) is 3.86. The summed E-state index contributed by atoms with van der Waals surface area (Å²) in [5.41, 5.74) is 2.34. The quantitative estimate of drug-likeness (QED) is 0.656. The number of aromatic nitrogens is 2.